The van der Waals surface area contributed by atoms with Crippen LogP contribution in [0.25, 0.3) is 11.3 Å². The van der Waals surface area contributed by atoms with E-state index in [9.17, 15) is 15.0 Å². The van der Waals surface area contributed by atoms with Crippen molar-refractivity contribution in [2.45, 2.75) is 25.4 Å². The number of rotatable bonds is 5. The Bertz CT molecular complexity index is 1060. The number of nitrogens with zero attached hydrogens (tertiary/aromatic N) is 3. The number of piperidine rings is 1. The number of aromatic nitrogens is 2. The van der Waals surface area contributed by atoms with Crippen LogP contribution in [0.4, 0.5) is 5.69 Å². The molecule has 0 aliphatic carbocycles. The van der Waals surface area contributed by atoms with Crippen molar-refractivity contribution in [1.82, 2.24) is 10.2 Å². The van der Waals surface area contributed by atoms with Crippen molar-refractivity contribution in [3.8, 4) is 22.8 Å². The number of carboxylic acid groups (broad SMARTS) is 1. The number of phenols is 1. The minimum Gasteiger partial charge on any atom is -0.507 e. The molecule has 0 unspecified atom stereocenters. The van der Waals surface area contributed by atoms with Gasteiger partial charge in [0.25, 0.3) is 0 Å². The first-order valence-electron chi connectivity index (χ1n) is 9.83. The van der Waals surface area contributed by atoms with Gasteiger partial charge < -0.3 is 19.8 Å². The van der Waals surface area contributed by atoms with E-state index in [2.05, 4.69) is 15.1 Å². The Kier molecular flexibility index (Phi) is 5.27. The van der Waals surface area contributed by atoms with Crippen molar-refractivity contribution in [2.75, 3.05) is 18.0 Å². The zero-order chi connectivity index (χ0) is 21.1. The number of hydrogen-bond donors (Lipinski definition) is 2. The van der Waals surface area contributed by atoms with Gasteiger partial charge in [0.15, 0.2) is 0 Å². The summed E-state index contributed by atoms with van der Waals surface area (Å²) in [4.78, 5) is 14.2. The third-order valence-corrected chi connectivity index (χ3v) is 5.55. The van der Waals surface area contributed by atoms with E-state index < -0.39 is 11.6 Å². The fourth-order valence-electron chi connectivity index (χ4n) is 3.72. The van der Waals surface area contributed by atoms with Crippen LogP contribution < -0.4 is 9.64 Å². The number of carboxylic acids is 1. The third-order valence-electron chi connectivity index (χ3n) is 5.55. The van der Waals surface area contributed by atoms with E-state index in [4.69, 9.17) is 4.74 Å². The van der Waals surface area contributed by atoms with E-state index in [-0.39, 0.29) is 5.75 Å². The number of benzene rings is 2. The molecule has 1 saturated heterocycles. The molecule has 3 aromatic rings. The molecule has 7 heteroatoms. The molecular weight excluding hydrogens is 382 g/mol. The summed E-state index contributed by atoms with van der Waals surface area (Å²) in [6.07, 6.45) is 2.33. The molecule has 2 heterocycles. The van der Waals surface area contributed by atoms with Crippen LogP contribution in [0, 0.1) is 6.92 Å². The highest BCUT2D eigenvalue weighted by molar-refractivity contribution is 5.79. The Balaban J connectivity index is 1.54. The molecular formula is C23H23N3O4. The molecule has 30 heavy (non-hydrogen) atoms. The van der Waals surface area contributed by atoms with Gasteiger partial charge in [-0.1, -0.05) is 30.3 Å². The van der Waals surface area contributed by atoms with Gasteiger partial charge in [0, 0.05) is 31.5 Å². The molecule has 0 atom stereocenters. The summed E-state index contributed by atoms with van der Waals surface area (Å²) < 4.78 is 6.04. The second kappa shape index (κ2) is 8.02. The summed E-state index contributed by atoms with van der Waals surface area (Å²) >= 11 is 0. The number of anilines is 1. The van der Waals surface area contributed by atoms with E-state index in [1.54, 1.807) is 30.5 Å². The lowest BCUT2D eigenvalue weighted by Gasteiger charge is -2.40. The summed E-state index contributed by atoms with van der Waals surface area (Å²) in [5, 5.41) is 28.2. The van der Waals surface area contributed by atoms with E-state index in [0.29, 0.717) is 42.9 Å². The van der Waals surface area contributed by atoms with Crippen LogP contribution in [0.15, 0.2) is 60.8 Å². The first kappa shape index (κ1) is 19.7. The molecule has 2 aromatic carbocycles. The van der Waals surface area contributed by atoms with Gasteiger partial charge in [0.2, 0.25) is 5.60 Å². The maximum Gasteiger partial charge on any atom is 0.348 e. The fourth-order valence-corrected chi connectivity index (χ4v) is 3.72. The van der Waals surface area contributed by atoms with Gasteiger partial charge in [-0.15, -0.1) is 0 Å². The Morgan fingerprint density at radius 1 is 1.10 bits per heavy atom. The zero-order valence-electron chi connectivity index (χ0n) is 16.7. The van der Waals surface area contributed by atoms with Gasteiger partial charge in [0.1, 0.15) is 11.5 Å². The molecule has 0 amide bonds. The number of hydrogen-bond acceptors (Lipinski definition) is 6. The third kappa shape index (κ3) is 3.78. The highest BCUT2D eigenvalue weighted by Gasteiger charge is 2.44. The van der Waals surface area contributed by atoms with Crippen molar-refractivity contribution in [3.63, 3.8) is 0 Å². The number of aromatic hydroxyl groups is 1. The van der Waals surface area contributed by atoms with Crippen molar-refractivity contribution in [3.05, 3.63) is 66.4 Å². The van der Waals surface area contributed by atoms with E-state index in [0.717, 1.165) is 11.3 Å². The van der Waals surface area contributed by atoms with Crippen molar-refractivity contribution in [2.24, 2.45) is 0 Å². The van der Waals surface area contributed by atoms with Crippen LogP contribution in [0.1, 0.15) is 18.4 Å². The standard InChI is InChI=1S/C23H23N3O4/c1-16-6-2-5-9-21(16)30-23(22(28)29)10-12-26(13-11-23)17-14-19(25-24-15-17)18-7-3-4-8-20(18)27/h2-9,14-15,27H,10-13H2,1H3,(H,28,29). The van der Waals surface area contributed by atoms with Crippen LogP contribution in [-0.2, 0) is 4.79 Å². The topological polar surface area (TPSA) is 95.8 Å². The lowest BCUT2D eigenvalue weighted by atomic mass is 9.90. The van der Waals surface area contributed by atoms with Gasteiger partial charge in [-0.25, -0.2) is 4.79 Å². The van der Waals surface area contributed by atoms with Crippen LogP contribution in [-0.4, -0.2) is 45.1 Å². The molecule has 154 valence electrons. The molecule has 4 rings (SSSR count). The largest absolute Gasteiger partial charge is 0.507 e. The maximum absolute atomic E-state index is 12.1. The molecule has 1 fully saturated rings. The summed E-state index contributed by atoms with van der Waals surface area (Å²) in [5.41, 5.74) is 1.65. The predicted octanol–water partition coefficient (Wildman–Crippen LogP) is 3.66. The molecule has 1 aliphatic heterocycles. The molecule has 0 saturated carbocycles. The maximum atomic E-state index is 12.1. The lowest BCUT2D eigenvalue weighted by Crippen LogP contribution is -2.53. The summed E-state index contributed by atoms with van der Waals surface area (Å²) in [6, 6.07) is 16.3. The highest BCUT2D eigenvalue weighted by Crippen LogP contribution is 2.34. The molecule has 1 aliphatic rings. The molecule has 2 N–H and O–H groups in total. The van der Waals surface area contributed by atoms with Crippen LogP contribution >= 0.6 is 0 Å². The van der Waals surface area contributed by atoms with Gasteiger partial charge in [-0.05, 0) is 36.8 Å². The number of carbonyl (C=O) groups is 1. The summed E-state index contributed by atoms with van der Waals surface area (Å²) in [6.45, 7) is 2.91. The number of aryl methyl sites for hydroxylation is 1. The summed E-state index contributed by atoms with van der Waals surface area (Å²) in [5.74, 6) is -0.215. The van der Waals surface area contributed by atoms with Crippen molar-refractivity contribution < 1.29 is 19.7 Å². The minimum absolute atomic E-state index is 0.138. The van der Waals surface area contributed by atoms with Gasteiger partial charge in [-0.2, -0.15) is 10.2 Å². The second-order valence-electron chi connectivity index (χ2n) is 7.47. The van der Waals surface area contributed by atoms with Crippen molar-refractivity contribution in [1.29, 1.82) is 0 Å². The fraction of sp³-hybridized carbons (Fsp3) is 0.261. The van der Waals surface area contributed by atoms with E-state index in [1.807, 2.05) is 37.3 Å². The lowest BCUT2D eigenvalue weighted by molar-refractivity contribution is -0.157. The van der Waals surface area contributed by atoms with Crippen LogP contribution in [0.2, 0.25) is 0 Å². The second-order valence-corrected chi connectivity index (χ2v) is 7.47. The van der Waals surface area contributed by atoms with Gasteiger partial charge in [-0.3, -0.25) is 0 Å². The quantitative estimate of drug-likeness (QED) is 0.669. The Hall–Kier alpha value is -3.61. The van der Waals surface area contributed by atoms with Crippen LogP contribution in [0.3, 0.4) is 0 Å². The molecule has 0 spiro atoms. The molecule has 7 nitrogen and oxygen atoms in total. The molecule has 0 bridgehead atoms. The summed E-state index contributed by atoms with van der Waals surface area (Å²) in [7, 11) is 0. The van der Waals surface area contributed by atoms with Gasteiger partial charge >= 0.3 is 5.97 Å². The minimum atomic E-state index is -1.26. The monoisotopic (exact) mass is 405 g/mol. The number of para-hydroxylation sites is 2. The SMILES string of the molecule is Cc1ccccc1OC1(C(=O)O)CCN(c2cnnc(-c3ccccc3O)c2)CC1. The first-order valence-corrected chi connectivity index (χ1v) is 9.83. The van der Waals surface area contributed by atoms with Gasteiger partial charge in [0.05, 0.1) is 17.6 Å². The predicted molar refractivity (Wildman–Crippen MR) is 113 cm³/mol. The van der Waals surface area contributed by atoms with E-state index in [1.165, 1.54) is 0 Å². The average Bonchev–Trinajstić information content (AvgIpc) is 2.76. The Labute approximate surface area is 174 Å². The normalized spacial score (nSPS) is 15.6. The first-order chi connectivity index (χ1) is 14.5. The average molecular weight is 405 g/mol. The Morgan fingerprint density at radius 2 is 1.80 bits per heavy atom. The number of ether oxygens (including phenoxy) is 1. The Morgan fingerprint density at radius 3 is 2.50 bits per heavy atom. The van der Waals surface area contributed by atoms with E-state index >= 15 is 0 Å². The molecule has 0 radical (unpaired) electrons. The van der Waals surface area contributed by atoms with Crippen LogP contribution in [0.5, 0.6) is 11.5 Å². The number of aliphatic carboxylic acids is 1. The zero-order valence-corrected chi connectivity index (χ0v) is 16.7. The molecule has 1 aromatic heterocycles. The number of phenolic OH excluding ortho intramolecular Hbond substituents is 1. The smallest absolute Gasteiger partial charge is 0.348 e. The highest BCUT2D eigenvalue weighted by atomic mass is 16.5. The van der Waals surface area contributed by atoms with Crippen molar-refractivity contribution >= 4 is 11.7 Å².